The van der Waals surface area contributed by atoms with Crippen LogP contribution in [-0.4, -0.2) is 42.1 Å². The smallest absolute Gasteiger partial charge is 0.415 e. The molecule has 2 heterocycles. The first-order chi connectivity index (χ1) is 16.5. The Bertz CT molecular complexity index is 1100. The summed E-state index contributed by atoms with van der Waals surface area (Å²) in [5.74, 6) is 0.952. The van der Waals surface area contributed by atoms with E-state index < -0.39 is 0 Å². The number of amides is 2. The van der Waals surface area contributed by atoms with Crippen molar-refractivity contribution in [3.05, 3.63) is 89.1 Å². The molecule has 2 amide bonds. The van der Waals surface area contributed by atoms with Gasteiger partial charge in [0.2, 0.25) is 5.88 Å². The number of benzene rings is 2. The maximum atomic E-state index is 13.0. The molecular formula is C26H26ClN3O4. The van der Waals surface area contributed by atoms with Gasteiger partial charge in [-0.15, -0.1) is 0 Å². The molecule has 3 aromatic rings. The van der Waals surface area contributed by atoms with E-state index in [1.165, 1.54) is 0 Å². The molecule has 1 fully saturated rings. The molecule has 1 aromatic heterocycles. The summed E-state index contributed by atoms with van der Waals surface area (Å²) in [5, 5.41) is 3.73. The predicted molar refractivity (Wildman–Crippen MR) is 129 cm³/mol. The number of nitrogens with one attached hydrogen (secondary N) is 1. The number of hydrogen-bond acceptors (Lipinski definition) is 5. The van der Waals surface area contributed by atoms with E-state index in [0.717, 1.165) is 5.56 Å². The number of hydrogen-bond donors (Lipinski definition) is 1. The van der Waals surface area contributed by atoms with Crippen molar-refractivity contribution in [3.63, 3.8) is 0 Å². The molecule has 1 atom stereocenters. The molecule has 0 saturated carbocycles. The van der Waals surface area contributed by atoms with Crippen molar-refractivity contribution < 1.29 is 19.1 Å². The van der Waals surface area contributed by atoms with Crippen LogP contribution in [0.4, 0.5) is 4.79 Å². The molecule has 0 bridgehead atoms. The Labute approximate surface area is 203 Å². The third-order valence-electron chi connectivity index (χ3n) is 5.94. The van der Waals surface area contributed by atoms with E-state index >= 15 is 0 Å². The maximum absolute atomic E-state index is 13.0. The van der Waals surface area contributed by atoms with Crippen LogP contribution in [0.2, 0.25) is 5.02 Å². The average Bonchev–Trinajstić information content (AvgIpc) is 2.88. The molecule has 2 aromatic carbocycles. The van der Waals surface area contributed by atoms with Gasteiger partial charge in [0.1, 0.15) is 5.75 Å². The topological polar surface area (TPSA) is 80.8 Å². The highest BCUT2D eigenvalue weighted by Gasteiger charge is 2.31. The molecule has 0 radical (unpaired) electrons. The number of rotatable bonds is 6. The lowest BCUT2D eigenvalue weighted by Crippen LogP contribution is -2.44. The van der Waals surface area contributed by atoms with Crippen LogP contribution in [0.15, 0.2) is 72.9 Å². The SMILES string of the molecule is COc1ccc([C@@H](NC(=O)c2ccc(Cl)cc2)C2CCN(C(=O)Oc3ccccc3)CC2)cn1. The summed E-state index contributed by atoms with van der Waals surface area (Å²) in [5.41, 5.74) is 1.41. The van der Waals surface area contributed by atoms with E-state index in [4.69, 9.17) is 21.1 Å². The molecule has 1 aliphatic heterocycles. The largest absolute Gasteiger partial charge is 0.481 e. The van der Waals surface area contributed by atoms with Crippen molar-refractivity contribution in [2.75, 3.05) is 20.2 Å². The van der Waals surface area contributed by atoms with Crippen LogP contribution in [-0.2, 0) is 0 Å². The number of carbonyl (C=O) groups is 2. The molecule has 0 unspecified atom stereocenters. The Kier molecular flexibility index (Phi) is 7.65. The molecule has 0 spiro atoms. The zero-order valence-corrected chi connectivity index (χ0v) is 19.6. The van der Waals surface area contributed by atoms with E-state index in [0.29, 0.717) is 48.1 Å². The molecule has 8 heteroatoms. The lowest BCUT2D eigenvalue weighted by Gasteiger charge is -2.36. The highest BCUT2D eigenvalue weighted by Crippen LogP contribution is 2.32. The first-order valence-corrected chi connectivity index (χ1v) is 11.5. The number of carbonyl (C=O) groups excluding carboxylic acids is 2. The Hall–Kier alpha value is -3.58. The lowest BCUT2D eigenvalue weighted by atomic mass is 9.85. The summed E-state index contributed by atoms with van der Waals surface area (Å²) in [6.45, 7) is 1.07. The molecular weight excluding hydrogens is 454 g/mol. The third kappa shape index (κ3) is 5.85. The summed E-state index contributed by atoms with van der Waals surface area (Å²) in [7, 11) is 1.56. The summed E-state index contributed by atoms with van der Waals surface area (Å²) < 4.78 is 10.7. The Balaban J connectivity index is 1.46. The normalized spacial score (nSPS) is 14.8. The number of ether oxygens (including phenoxy) is 2. The number of piperidine rings is 1. The van der Waals surface area contributed by atoms with Gasteiger partial charge in [0.25, 0.3) is 5.91 Å². The van der Waals surface area contributed by atoms with Gasteiger partial charge in [-0.05, 0) is 60.7 Å². The van der Waals surface area contributed by atoms with Crippen LogP contribution < -0.4 is 14.8 Å². The zero-order chi connectivity index (χ0) is 23.9. The number of para-hydroxylation sites is 1. The average molecular weight is 480 g/mol. The van der Waals surface area contributed by atoms with E-state index in [2.05, 4.69) is 10.3 Å². The monoisotopic (exact) mass is 479 g/mol. The summed E-state index contributed by atoms with van der Waals surface area (Å²) in [6.07, 6.45) is 2.78. The third-order valence-corrected chi connectivity index (χ3v) is 6.19. The van der Waals surface area contributed by atoms with Crippen molar-refractivity contribution >= 4 is 23.6 Å². The highest BCUT2D eigenvalue weighted by molar-refractivity contribution is 6.30. The first-order valence-electron chi connectivity index (χ1n) is 11.1. The molecule has 0 aliphatic carbocycles. The maximum Gasteiger partial charge on any atom is 0.415 e. The van der Waals surface area contributed by atoms with Crippen molar-refractivity contribution in [1.29, 1.82) is 0 Å². The van der Waals surface area contributed by atoms with Gasteiger partial charge < -0.3 is 19.7 Å². The van der Waals surface area contributed by atoms with E-state index in [-0.39, 0.29) is 24.0 Å². The number of likely N-dealkylation sites (tertiary alicyclic amines) is 1. The van der Waals surface area contributed by atoms with Gasteiger partial charge in [0, 0.05) is 35.9 Å². The van der Waals surface area contributed by atoms with Crippen LogP contribution in [0.5, 0.6) is 11.6 Å². The first kappa shape index (κ1) is 23.6. The minimum absolute atomic E-state index is 0.118. The van der Waals surface area contributed by atoms with E-state index in [9.17, 15) is 9.59 Å². The molecule has 4 rings (SSSR count). The van der Waals surface area contributed by atoms with Gasteiger partial charge in [0.05, 0.1) is 13.2 Å². The molecule has 7 nitrogen and oxygen atoms in total. The number of pyridine rings is 1. The van der Waals surface area contributed by atoms with Crippen LogP contribution >= 0.6 is 11.6 Å². The minimum atomic E-state index is -0.363. The van der Waals surface area contributed by atoms with Gasteiger partial charge in [-0.2, -0.15) is 0 Å². The number of halogens is 1. The molecule has 1 N–H and O–H groups in total. The quantitative estimate of drug-likeness (QED) is 0.530. The second-order valence-corrected chi connectivity index (χ2v) is 8.53. The second-order valence-electron chi connectivity index (χ2n) is 8.10. The molecule has 34 heavy (non-hydrogen) atoms. The van der Waals surface area contributed by atoms with Crippen molar-refractivity contribution in [2.45, 2.75) is 18.9 Å². The highest BCUT2D eigenvalue weighted by atomic mass is 35.5. The summed E-state index contributed by atoms with van der Waals surface area (Å²) >= 11 is 5.96. The van der Waals surface area contributed by atoms with Crippen molar-refractivity contribution in [1.82, 2.24) is 15.2 Å². The van der Waals surface area contributed by atoms with Gasteiger partial charge in [-0.25, -0.2) is 9.78 Å². The Morgan fingerprint density at radius 2 is 1.74 bits per heavy atom. The van der Waals surface area contributed by atoms with Crippen LogP contribution in [0, 0.1) is 5.92 Å². The van der Waals surface area contributed by atoms with Crippen LogP contribution in [0.25, 0.3) is 0 Å². The number of methoxy groups -OCH3 is 1. The van der Waals surface area contributed by atoms with Gasteiger partial charge >= 0.3 is 6.09 Å². The lowest BCUT2D eigenvalue weighted by molar-refractivity contribution is 0.0885. The van der Waals surface area contributed by atoms with Gasteiger partial charge in [0.15, 0.2) is 0 Å². The van der Waals surface area contributed by atoms with Crippen molar-refractivity contribution in [2.24, 2.45) is 5.92 Å². The standard InChI is InChI=1S/C26H26ClN3O4/c1-33-23-12-9-20(17-28-23)24(29-25(31)19-7-10-21(27)11-8-19)18-13-15-30(16-14-18)26(32)34-22-5-3-2-4-6-22/h2-12,17-18,24H,13-16H2,1H3,(H,29,31)/t24-/m0/s1. The van der Waals surface area contributed by atoms with Crippen LogP contribution in [0.3, 0.4) is 0 Å². The number of nitrogens with zero attached hydrogens (tertiary/aromatic N) is 2. The molecule has 1 saturated heterocycles. The van der Waals surface area contributed by atoms with Gasteiger partial charge in [-0.1, -0.05) is 35.9 Å². The minimum Gasteiger partial charge on any atom is -0.481 e. The number of aromatic nitrogens is 1. The molecule has 176 valence electrons. The summed E-state index contributed by atoms with van der Waals surface area (Å²) in [6, 6.07) is 19.2. The predicted octanol–water partition coefficient (Wildman–Crippen LogP) is 5.13. The van der Waals surface area contributed by atoms with Crippen LogP contribution in [0.1, 0.15) is 34.8 Å². The summed E-state index contributed by atoms with van der Waals surface area (Å²) in [4.78, 5) is 31.6. The van der Waals surface area contributed by atoms with E-state index in [1.54, 1.807) is 60.7 Å². The van der Waals surface area contributed by atoms with E-state index in [1.807, 2.05) is 24.3 Å². The fraction of sp³-hybridized carbons (Fsp3) is 0.269. The fourth-order valence-electron chi connectivity index (χ4n) is 4.06. The molecule has 1 aliphatic rings. The fourth-order valence-corrected chi connectivity index (χ4v) is 4.19. The van der Waals surface area contributed by atoms with Crippen molar-refractivity contribution in [3.8, 4) is 11.6 Å². The second kappa shape index (κ2) is 11.0. The Morgan fingerprint density at radius 1 is 1.03 bits per heavy atom. The van der Waals surface area contributed by atoms with Gasteiger partial charge in [-0.3, -0.25) is 4.79 Å². The Morgan fingerprint density at radius 3 is 2.35 bits per heavy atom. The zero-order valence-electron chi connectivity index (χ0n) is 18.8.